The Hall–Kier alpha value is -2.12. The molecule has 2 aromatic rings. The predicted molar refractivity (Wildman–Crippen MR) is 93.6 cm³/mol. The average Bonchev–Trinajstić information content (AvgIpc) is 3.09. The van der Waals surface area contributed by atoms with Crippen molar-refractivity contribution in [2.24, 2.45) is 0 Å². The molecule has 0 saturated carbocycles. The Labute approximate surface area is 145 Å². The molecule has 0 radical (unpaired) electrons. The molecule has 0 fully saturated rings. The third-order valence-electron chi connectivity index (χ3n) is 3.03. The second-order valence-corrected chi connectivity index (χ2v) is 7.59. The molecule has 0 aromatic carbocycles. The molecule has 3 amide bonds. The van der Waals surface area contributed by atoms with Gasteiger partial charge in [0.15, 0.2) is 0 Å². The van der Waals surface area contributed by atoms with Gasteiger partial charge in [-0.2, -0.15) is 0 Å². The van der Waals surface area contributed by atoms with Crippen LogP contribution in [0.15, 0.2) is 40.3 Å². The molecule has 0 aliphatic carbocycles. The molecule has 0 aliphatic rings. The first kappa shape index (κ1) is 18.2. The number of carbonyl (C=O) groups excluding carboxylic acids is 2. The van der Waals surface area contributed by atoms with E-state index in [0.717, 1.165) is 10.6 Å². The van der Waals surface area contributed by atoms with Crippen LogP contribution in [0.25, 0.3) is 0 Å². The van der Waals surface area contributed by atoms with E-state index in [-0.39, 0.29) is 12.5 Å². The number of urea groups is 1. The summed E-state index contributed by atoms with van der Waals surface area (Å²) in [6.07, 6.45) is 1.61. The summed E-state index contributed by atoms with van der Waals surface area (Å²) < 4.78 is 5.36. The van der Waals surface area contributed by atoms with Crippen LogP contribution in [0, 0.1) is 0 Å². The molecular formula is C17H23N3O3S. The average molecular weight is 349 g/mol. The quantitative estimate of drug-likeness (QED) is 0.841. The first-order valence-electron chi connectivity index (χ1n) is 7.71. The van der Waals surface area contributed by atoms with Crippen LogP contribution in [-0.4, -0.2) is 28.9 Å². The molecule has 6 nitrogen and oxygen atoms in total. The van der Waals surface area contributed by atoms with Crippen LogP contribution in [0.4, 0.5) is 4.79 Å². The van der Waals surface area contributed by atoms with Gasteiger partial charge in [0, 0.05) is 17.0 Å². The fraction of sp³-hybridized carbons (Fsp3) is 0.412. The highest BCUT2D eigenvalue weighted by molar-refractivity contribution is 7.09. The van der Waals surface area contributed by atoms with Crippen molar-refractivity contribution in [3.63, 3.8) is 0 Å². The number of nitrogens with one attached hydrogen (secondary N) is 2. The van der Waals surface area contributed by atoms with Crippen molar-refractivity contribution in [3.05, 3.63) is 46.5 Å². The summed E-state index contributed by atoms with van der Waals surface area (Å²) in [4.78, 5) is 27.1. The molecule has 0 atom stereocenters. The lowest BCUT2D eigenvalue weighted by Gasteiger charge is -2.22. The van der Waals surface area contributed by atoms with Crippen molar-refractivity contribution in [3.8, 4) is 0 Å². The Morgan fingerprint density at radius 2 is 2.00 bits per heavy atom. The Morgan fingerprint density at radius 3 is 2.58 bits per heavy atom. The van der Waals surface area contributed by atoms with E-state index in [0.29, 0.717) is 13.1 Å². The molecule has 2 N–H and O–H groups in total. The summed E-state index contributed by atoms with van der Waals surface area (Å²) in [6.45, 7) is 6.80. The summed E-state index contributed by atoms with van der Waals surface area (Å²) in [5.41, 5.74) is -0.394. The van der Waals surface area contributed by atoms with Crippen molar-refractivity contribution in [2.45, 2.75) is 39.4 Å². The summed E-state index contributed by atoms with van der Waals surface area (Å²) in [6, 6.07) is 7.19. The molecule has 2 heterocycles. The monoisotopic (exact) mass is 349 g/mol. The van der Waals surface area contributed by atoms with E-state index >= 15 is 0 Å². The minimum Gasteiger partial charge on any atom is -0.468 e. The van der Waals surface area contributed by atoms with Crippen molar-refractivity contribution in [1.82, 2.24) is 15.5 Å². The number of nitrogens with zero attached hydrogens (tertiary/aromatic N) is 1. The van der Waals surface area contributed by atoms with Crippen molar-refractivity contribution in [1.29, 1.82) is 0 Å². The van der Waals surface area contributed by atoms with Crippen LogP contribution in [0.1, 0.15) is 31.4 Å². The molecule has 0 bridgehead atoms. The van der Waals surface area contributed by atoms with Crippen molar-refractivity contribution in [2.75, 3.05) is 6.54 Å². The van der Waals surface area contributed by atoms with Crippen molar-refractivity contribution < 1.29 is 14.0 Å². The van der Waals surface area contributed by atoms with Crippen LogP contribution in [0.5, 0.6) is 0 Å². The van der Waals surface area contributed by atoms with Crippen LogP contribution in [-0.2, 0) is 17.9 Å². The van der Waals surface area contributed by atoms with Gasteiger partial charge in [-0.05, 0) is 44.4 Å². The molecular weight excluding hydrogens is 326 g/mol. The molecule has 7 heteroatoms. The molecule has 2 aromatic heterocycles. The van der Waals surface area contributed by atoms with E-state index in [1.54, 1.807) is 17.6 Å². The molecule has 0 aliphatic heterocycles. The van der Waals surface area contributed by atoms with Gasteiger partial charge < -0.3 is 9.73 Å². The van der Waals surface area contributed by atoms with E-state index < -0.39 is 11.6 Å². The Balaban J connectivity index is 1.93. The third kappa shape index (κ3) is 6.55. The Morgan fingerprint density at radius 1 is 1.21 bits per heavy atom. The minimum absolute atomic E-state index is 0.107. The van der Waals surface area contributed by atoms with E-state index in [9.17, 15) is 9.59 Å². The van der Waals surface area contributed by atoms with E-state index in [2.05, 4.69) is 10.6 Å². The van der Waals surface area contributed by atoms with Gasteiger partial charge in [-0.1, -0.05) is 6.07 Å². The highest BCUT2D eigenvalue weighted by atomic mass is 32.1. The van der Waals surface area contributed by atoms with Gasteiger partial charge in [0.25, 0.3) is 0 Å². The zero-order chi connectivity index (χ0) is 17.6. The number of amides is 3. The predicted octanol–water partition coefficient (Wildman–Crippen LogP) is 2.97. The first-order valence-corrected chi connectivity index (χ1v) is 8.59. The lowest BCUT2D eigenvalue weighted by atomic mass is 10.1. The summed E-state index contributed by atoms with van der Waals surface area (Å²) in [7, 11) is 0. The van der Waals surface area contributed by atoms with Gasteiger partial charge >= 0.3 is 6.03 Å². The maximum absolute atomic E-state index is 12.2. The highest BCUT2D eigenvalue weighted by Crippen LogP contribution is 2.14. The number of hydrogen-bond donors (Lipinski definition) is 2. The van der Waals surface area contributed by atoms with E-state index in [4.69, 9.17) is 4.42 Å². The maximum Gasteiger partial charge on any atom is 0.321 e. The van der Waals surface area contributed by atoms with Crippen molar-refractivity contribution >= 4 is 23.3 Å². The molecule has 0 saturated heterocycles. The summed E-state index contributed by atoms with van der Waals surface area (Å²) in [5.74, 6) is 0.429. The molecule has 2 rings (SSSR count). The first-order chi connectivity index (χ1) is 11.3. The Bertz CT molecular complexity index is 609. The normalized spacial score (nSPS) is 11.5. The number of furan rings is 1. The highest BCUT2D eigenvalue weighted by Gasteiger charge is 2.18. The number of hydrogen-bond acceptors (Lipinski definition) is 5. The number of imide groups is 1. The second-order valence-electron chi connectivity index (χ2n) is 6.56. The topological polar surface area (TPSA) is 74.6 Å². The second kappa shape index (κ2) is 8.12. The Kier molecular flexibility index (Phi) is 6.16. The smallest absolute Gasteiger partial charge is 0.321 e. The molecule has 0 unspecified atom stereocenters. The fourth-order valence-electron chi connectivity index (χ4n) is 2.15. The van der Waals surface area contributed by atoms with Crippen LogP contribution in [0.2, 0.25) is 0 Å². The molecule has 130 valence electrons. The van der Waals surface area contributed by atoms with E-state index in [1.807, 2.05) is 55.3 Å². The van der Waals surface area contributed by atoms with Crippen LogP contribution < -0.4 is 10.6 Å². The molecule has 24 heavy (non-hydrogen) atoms. The third-order valence-corrected chi connectivity index (χ3v) is 3.89. The number of thiophene rings is 1. The lowest BCUT2D eigenvalue weighted by Crippen LogP contribution is -2.50. The van der Waals surface area contributed by atoms with Gasteiger partial charge in [0.1, 0.15) is 5.76 Å². The number of rotatable bonds is 6. The van der Waals surface area contributed by atoms with Crippen LogP contribution in [0.3, 0.4) is 0 Å². The van der Waals surface area contributed by atoms with Crippen LogP contribution >= 0.6 is 11.3 Å². The minimum atomic E-state index is -0.485. The van der Waals surface area contributed by atoms with Gasteiger partial charge in [-0.25, -0.2) is 4.79 Å². The summed E-state index contributed by atoms with van der Waals surface area (Å²) >= 11 is 1.63. The zero-order valence-corrected chi connectivity index (χ0v) is 15.0. The largest absolute Gasteiger partial charge is 0.468 e. The van der Waals surface area contributed by atoms with Gasteiger partial charge in [-0.15, -0.1) is 11.3 Å². The fourth-order valence-corrected chi connectivity index (χ4v) is 2.90. The van der Waals surface area contributed by atoms with Gasteiger partial charge in [0.2, 0.25) is 5.91 Å². The standard InChI is InChI=1S/C17H23N3O3S/c1-17(2,3)19-16(22)18-15(21)12-20(10-13-6-4-8-23-13)11-14-7-5-9-24-14/h4-9H,10-12H2,1-3H3,(H2,18,19,21,22). The summed E-state index contributed by atoms with van der Waals surface area (Å²) in [5, 5.41) is 7.07. The van der Waals surface area contributed by atoms with Gasteiger partial charge in [0.05, 0.1) is 19.4 Å². The number of carbonyl (C=O) groups is 2. The van der Waals surface area contributed by atoms with Gasteiger partial charge in [-0.3, -0.25) is 15.0 Å². The zero-order valence-electron chi connectivity index (χ0n) is 14.2. The maximum atomic E-state index is 12.2. The van der Waals surface area contributed by atoms with E-state index in [1.165, 1.54) is 0 Å². The SMILES string of the molecule is CC(C)(C)NC(=O)NC(=O)CN(Cc1ccco1)Cc1cccs1. The lowest BCUT2D eigenvalue weighted by molar-refractivity contribution is -0.121. The molecule has 0 spiro atoms.